The summed E-state index contributed by atoms with van der Waals surface area (Å²) in [7, 11) is 0. The monoisotopic (exact) mass is 627 g/mol. The van der Waals surface area contributed by atoms with Gasteiger partial charge < -0.3 is 4.57 Å². The van der Waals surface area contributed by atoms with Crippen LogP contribution in [0.2, 0.25) is 0 Å². The lowest BCUT2D eigenvalue weighted by molar-refractivity contribution is 1.22. The quantitative estimate of drug-likeness (QED) is 0.171. The largest absolute Gasteiger partial charge is 0.300 e. The van der Waals surface area contributed by atoms with Gasteiger partial charge in [-0.15, -0.1) is 11.3 Å². The normalized spacial score (nSPS) is 11.8. The van der Waals surface area contributed by atoms with Crippen LogP contribution in [-0.4, -0.2) is 4.57 Å². The first-order chi connectivity index (χ1) is 23.8. The number of para-hydroxylation sites is 2. The molecule has 10 aromatic rings. The van der Waals surface area contributed by atoms with Crippen molar-refractivity contribution in [2.75, 3.05) is 0 Å². The van der Waals surface area contributed by atoms with Crippen LogP contribution >= 0.6 is 11.3 Å². The average molecular weight is 628 g/mol. The Kier molecular flexibility index (Phi) is 6.12. The summed E-state index contributed by atoms with van der Waals surface area (Å²) in [5, 5.41) is 11.5. The number of benzene rings is 8. The maximum absolute atomic E-state index is 2.50. The van der Waals surface area contributed by atoms with E-state index < -0.39 is 0 Å². The van der Waals surface area contributed by atoms with Crippen LogP contribution in [0.5, 0.6) is 0 Å². The zero-order valence-corrected chi connectivity index (χ0v) is 26.9. The van der Waals surface area contributed by atoms with Gasteiger partial charge in [-0.3, -0.25) is 0 Å². The fourth-order valence-electron chi connectivity index (χ4n) is 7.72. The Hall–Kier alpha value is -5.96. The molecule has 0 aliphatic rings. The van der Waals surface area contributed by atoms with E-state index in [1.54, 1.807) is 0 Å². The predicted molar refractivity (Wildman–Crippen MR) is 207 cm³/mol. The molecule has 8 aromatic carbocycles. The minimum absolute atomic E-state index is 1.22. The van der Waals surface area contributed by atoms with Gasteiger partial charge in [0.05, 0.1) is 11.0 Å². The molecule has 0 unspecified atom stereocenters. The van der Waals surface area contributed by atoms with E-state index in [1.165, 1.54) is 91.8 Å². The summed E-state index contributed by atoms with van der Waals surface area (Å²) < 4.78 is 2.50. The molecule has 0 saturated carbocycles. The standard InChI is InChI=1S/C46H29NS/c1-3-15-30(16-4-1)43-44(31-17-5-2-6-18-31)46(47-41-25-13-11-23-38(41)39-24-12-14-26-42(39)47)48-45(43)32-27-28-37-35-21-8-7-19-33(35)34-20-9-10-22-36(34)40(37)29-32/h1-29H. The van der Waals surface area contributed by atoms with E-state index in [0.29, 0.717) is 0 Å². The molecule has 0 aliphatic heterocycles. The third-order valence-electron chi connectivity index (χ3n) is 9.80. The van der Waals surface area contributed by atoms with Crippen LogP contribution in [0.3, 0.4) is 0 Å². The zero-order chi connectivity index (χ0) is 31.6. The van der Waals surface area contributed by atoms with E-state index in [4.69, 9.17) is 0 Å². The second kappa shape index (κ2) is 10.8. The van der Waals surface area contributed by atoms with Crippen molar-refractivity contribution in [1.29, 1.82) is 0 Å². The molecule has 224 valence electrons. The number of thiophene rings is 1. The molecule has 1 nitrogen and oxygen atoms in total. The highest BCUT2D eigenvalue weighted by atomic mass is 32.1. The summed E-state index contributed by atoms with van der Waals surface area (Å²) in [5.74, 6) is 0. The van der Waals surface area contributed by atoms with Crippen LogP contribution in [-0.2, 0) is 0 Å². The van der Waals surface area contributed by atoms with Crippen LogP contribution in [0.15, 0.2) is 176 Å². The molecule has 0 spiro atoms. The Labute approximate surface area is 282 Å². The van der Waals surface area contributed by atoms with Crippen molar-refractivity contribution in [2.24, 2.45) is 0 Å². The SMILES string of the molecule is c1ccc(-c2c(-c3ccc4c5ccccc5c5ccccc5c4c3)sc(-n3c4ccccc4c4ccccc43)c2-c2ccccc2)cc1. The molecule has 0 atom stereocenters. The van der Waals surface area contributed by atoms with Gasteiger partial charge in [-0.2, -0.15) is 0 Å². The van der Waals surface area contributed by atoms with Crippen molar-refractivity contribution in [1.82, 2.24) is 4.57 Å². The highest BCUT2D eigenvalue weighted by Gasteiger charge is 2.26. The number of aromatic nitrogens is 1. The molecule has 0 radical (unpaired) electrons. The van der Waals surface area contributed by atoms with Crippen molar-refractivity contribution >= 4 is 65.5 Å². The number of hydrogen-bond acceptors (Lipinski definition) is 1. The van der Waals surface area contributed by atoms with E-state index in [-0.39, 0.29) is 0 Å². The molecule has 0 aliphatic carbocycles. The fourth-order valence-corrected chi connectivity index (χ4v) is 9.09. The minimum atomic E-state index is 1.22. The molecule has 2 heteroatoms. The van der Waals surface area contributed by atoms with Gasteiger partial charge in [-0.25, -0.2) is 0 Å². The number of rotatable bonds is 4. The molecule has 0 N–H and O–H groups in total. The zero-order valence-electron chi connectivity index (χ0n) is 26.1. The van der Waals surface area contributed by atoms with E-state index in [9.17, 15) is 0 Å². The summed E-state index contributed by atoms with van der Waals surface area (Å²) in [6.45, 7) is 0. The second-order valence-corrected chi connectivity index (χ2v) is 13.4. The highest BCUT2D eigenvalue weighted by molar-refractivity contribution is 7.19. The lowest BCUT2D eigenvalue weighted by atomic mass is 9.91. The predicted octanol–water partition coefficient (Wildman–Crippen LogP) is 13.3. The van der Waals surface area contributed by atoms with Crippen LogP contribution in [0, 0.1) is 0 Å². The molecule has 0 bridgehead atoms. The van der Waals surface area contributed by atoms with Gasteiger partial charge in [0.25, 0.3) is 0 Å². The molecule has 0 saturated heterocycles. The van der Waals surface area contributed by atoms with Crippen LogP contribution in [0.4, 0.5) is 0 Å². The maximum atomic E-state index is 2.50. The molecular formula is C46H29NS. The summed E-state index contributed by atoms with van der Waals surface area (Å²) in [5.41, 5.74) is 8.64. The van der Waals surface area contributed by atoms with Gasteiger partial charge in [0, 0.05) is 26.8 Å². The number of hydrogen-bond donors (Lipinski definition) is 0. The van der Waals surface area contributed by atoms with Crippen molar-refractivity contribution in [3.8, 4) is 37.7 Å². The van der Waals surface area contributed by atoms with Gasteiger partial charge in [0.15, 0.2) is 0 Å². The lowest BCUT2D eigenvalue weighted by Crippen LogP contribution is -1.94. The minimum Gasteiger partial charge on any atom is -0.300 e. The Morgan fingerprint density at radius 2 is 0.729 bits per heavy atom. The van der Waals surface area contributed by atoms with Crippen molar-refractivity contribution in [3.63, 3.8) is 0 Å². The van der Waals surface area contributed by atoms with Crippen LogP contribution in [0.1, 0.15) is 0 Å². The van der Waals surface area contributed by atoms with E-state index >= 15 is 0 Å². The van der Waals surface area contributed by atoms with Crippen molar-refractivity contribution in [2.45, 2.75) is 0 Å². The topological polar surface area (TPSA) is 4.93 Å². The fraction of sp³-hybridized carbons (Fsp3) is 0. The first kappa shape index (κ1) is 27.2. The summed E-state index contributed by atoms with van der Waals surface area (Å²) in [4.78, 5) is 1.27. The summed E-state index contributed by atoms with van der Waals surface area (Å²) >= 11 is 1.90. The molecule has 2 aromatic heterocycles. The molecule has 48 heavy (non-hydrogen) atoms. The summed E-state index contributed by atoms with van der Waals surface area (Å²) in [6.07, 6.45) is 0. The van der Waals surface area contributed by atoms with Crippen molar-refractivity contribution < 1.29 is 0 Å². The Morgan fingerprint density at radius 1 is 0.312 bits per heavy atom. The molecule has 10 rings (SSSR count). The number of fused-ring (bicyclic) bond motifs is 9. The smallest absolute Gasteiger partial charge is 0.109 e. The Balaban J connectivity index is 1.36. The van der Waals surface area contributed by atoms with Crippen LogP contribution in [0.25, 0.3) is 91.8 Å². The first-order valence-electron chi connectivity index (χ1n) is 16.4. The third-order valence-corrected chi connectivity index (χ3v) is 11.0. The first-order valence-corrected chi connectivity index (χ1v) is 17.3. The number of nitrogens with zero attached hydrogens (tertiary/aromatic N) is 1. The third kappa shape index (κ3) is 4.03. The molecule has 2 heterocycles. The molecule has 0 fully saturated rings. The van der Waals surface area contributed by atoms with Gasteiger partial charge >= 0.3 is 0 Å². The van der Waals surface area contributed by atoms with E-state index in [0.717, 1.165) is 0 Å². The maximum Gasteiger partial charge on any atom is 0.109 e. The van der Waals surface area contributed by atoms with Crippen LogP contribution < -0.4 is 0 Å². The van der Waals surface area contributed by atoms with Gasteiger partial charge in [-0.1, -0.05) is 158 Å². The van der Waals surface area contributed by atoms with E-state index in [2.05, 4.69) is 180 Å². The highest BCUT2D eigenvalue weighted by Crippen LogP contribution is 2.52. The van der Waals surface area contributed by atoms with Gasteiger partial charge in [0.2, 0.25) is 0 Å². The summed E-state index contributed by atoms with van der Waals surface area (Å²) in [6, 6.07) is 64.3. The Morgan fingerprint density at radius 3 is 1.27 bits per heavy atom. The van der Waals surface area contributed by atoms with E-state index in [1.807, 2.05) is 11.3 Å². The average Bonchev–Trinajstić information content (AvgIpc) is 3.72. The van der Waals surface area contributed by atoms with Gasteiger partial charge in [-0.05, 0) is 67.2 Å². The second-order valence-electron chi connectivity index (χ2n) is 12.4. The Bertz CT molecular complexity index is 2730. The van der Waals surface area contributed by atoms with Gasteiger partial charge in [0.1, 0.15) is 5.00 Å². The lowest BCUT2D eigenvalue weighted by Gasteiger charge is -2.13. The molecule has 0 amide bonds. The van der Waals surface area contributed by atoms with Crippen molar-refractivity contribution in [3.05, 3.63) is 176 Å². The molecular weight excluding hydrogens is 599 g/mol.